The smallest absolute Gasteiger partial charge is 0.0900 e. The predicted molar refractivity (Wildman–Crippen MR) is 57.3 cm³/mol. The van der Waals surface area contributed by atoms with Crippen LogP contribution in [-0.4, -0.2) is 49.5 Å². The van der Waals surface area contributed by atoms with Gasteiger partial charge in [0.15, 0.2) is 0 Å². The van der Waals surface area contributed by atoms with E-state index in [1.807, 2.05) is 0 Å². The third-order valence-electron chi connectivity index (χ3n) is 2.58. The Morgan fingerprint density at radius 3 is 2.71 bits per heavy atom. The van der Waals surface area contributed by atoms with Crippen LogP contribution in [0.1, 0.15) is 26.2 Å². The second-order valence-electron chi connectivity index (χ2n) is 4.31. The Kier molecular flexibility index (Phi) is 5.45. The summed E-state index contributed by atoms with van der Waals surface area (Å²) in [6, 6.07) is 0. The maximum absolute atomic E-state index is 9.61. The molecule has 1 rings (SSSR count). The molecule has 0 spiro atoms. The minimum Gasteiger partial charge on any atom is -0.389 e. The number of aliphatic hydroxyl groups is 1. The molecule has 14 heavy (non-hydrogen) atoms. The van der Waals surface area contributed by atoms with Crippen molar-refractivity contribution in [1.29, 1.82) is 0 Å². The highest BCUT2D eigenvalue weighted by molar-refractivity contribution is 4.78. The van der Waals surface area contributed by atoms with Crippen molar-refractivity contribution in [3.05, 3.63) is 0 Å². The SMILES string of the molecule is CCCN(CC(O)COC)CC1CC1. The lowest BCUT2D eigenvalue weighted by molar-refractivity contribution is 0.0366. The van der Waals surface area contributed by atoms with Gasteiger partial charge in [-0.15, -0.1) is 0 Å². The summed E-state index contributed by atoms with van der Waals surface area (Å²) < 4.78 is 4.93. The lowest BCUT2D eigenvalue weighted by atomic mass is 10.3. The van der Waals surface area contributed by atoms with Crippen molar-refractivity contribution in [2.24, 2.45) is 5.92 Å². The summed E-state index contributed by atoms with van der Waals surface area (Å²) in [5.41, 5.74) is 0. The summed E-state index contributed by atoms with van der Waals surface area (Å²) in [6.45, 7) is 5.65. The van der Waals surface area contributed by atoms with E-state index in [9.17, 15) is 5.11 Å². The van der Waals surface area contributed by atoms with Gasteiger partial charge in [0.25, 0.3) is 0 Å². The third-order valence-corrected chi connectivity index (χ3v) is 2.58. The highest BCUT2D eigenvalue weighted by atomic mass is 16.5. The van der Waals surface area contributed by atoms with Crippen molar-refractivity contribution in [2.75, 3.05) is 33.4 Å². The third kappa shape index (κ3) is 4.94. The van der Waals surface area contributed by atoms with Crippen LogP contribution in [0.4, 0.5) is 0 Å². The van der Waals surface area contributed by atoms with Gasteiger partial charge in [-0.1, -0.05) is 6.92 Å². The Morgan fingerprint density at radius 2 is 2.21 bits per heavy atom. The molecule has 1 aliphatic carbocycles. The maximum atomic E-state index is 9.61. The molecule has 1 unspecified atom stereocenters. The van der Waals surface area contributed by atoms with Crippen LogP contribution in [-0.2, 0) is 4.74 Å². The Labute approximate surface area is 87.1 Å². The van der Waals surface area contributed by atoms with Crippen LogP contribution >= 0.6 is 0 Å². The van der Waals surface area contributed by atoms with Crippen molar-refractivity contribution in [3.8, 4) is 0 Å². The van der Waals surface area contributed by atoms with Gasteiger partial charge in [0.2, 0.25) is 0 Å². The van der Waals surface area contributed by atoms with E-state index in [1.165, 1.54) is 12.8 Å². The van der Waals surface area contributed by atoms with Crippen LogP contribution in [0, 0.1) is 5.92 Å². The first kappa shape index (κ1) is 12.0. The lowest BCUT2D eigenvalue weighted by Crippen LogP contribution is -2.36. The minimum atomic E-state index is -0.328. The Balaban J connectivity index is 2.18. The standard InChI is InChI=1S/C11H23NO2/c1-3-6-12(7-10-4-5-10)8-11(13)9-14-2/h10-11,13H,3-9H2,1-2H3. The average Bonchev–Trinajstić information content (AvgIpc) is 2.89. The van der Waals surface area contributed by atoms with E-state index >= 15 is 0 Å². The molecular weight excluding hydrogens is 178 g/mol. The van der Waals surface area contributed by atoms with Gasteiger partial charge >= 0.3 is 0 Å². The number of hydrogen-bond donors (Lipinski definition) is 1. The van der Waals surface area contributed by atoms with Crippen molar-refractivity contribution < 1.29 is 9.84 Å². The molecular formula is C11H23NO2. The molecule has 0 aliphatic heterocycles. The molecule has 1 saturated carbocycles. The van der Waals surface area contributed by atoms with Gasteiger partial charge < -0.3 is 14.7 Å². The topological polar surface area (TPSA) is 32.7 Å². The fourth-order valence-electron chi connectivity index (χ4n) is 1.78. The van der Waals surface area contributed by atoms with Gasteiger partial charge in [0, 0.05) is 20.2 Å². The first-order valence-corrected chi connectivity index (χ1v) is 5.65. The van der Waals surface area contributed by atoms with Crippen molar-refractivity contribution >= 4 is 0 Å². The summed E-state index contributed by atoms with van der Waals surface area (Å²) in [5.74, 6) is 0.899. The maximum Gasteiger partial charge on any atom is 0.0900 e. The molecule has 0 aromatic heterocycles. The van der Waals surface area contributed by atoms with Crippen LogP contribution in [0.2, 0.25) is 0 Å². The van der Waals surface area contributed by atoms with Crippen LogP contribution in [0.15, 0.2) is 0 Å². The molecule has 84 valence electrons. The highest BCUT2D eigenvalue weighted by Crippen LogP contribution is 2.29. The molecule has 1 aliphatic rings. The zero-order chi connectivity index (χ0) is 10.4. The molecule has 1 N–H and O–H groups in total. The highest BCUT2D eigenvalue weighted by Gasteiger charge is 2.24. The first-order valence-electron chi connectivity index (χ1n) is 5.65. The number of nitrogens with zero attached hydrogens (tertiary/aromatic N) is 1. The molecule has 3 nitrogen and oxygen atoms in total. The van der Waals surface area contributed by atoms with Gasteiger partial charge in [-0.3, -0.25) is 0 Å². The Morgan fingerprint density at radius 1 is 1.50 bits per heavy atom. The monoisotopic (exact) mass is 201 g/mol. The fraction of sp³-hybridized carbons (Fsp3) is 1.00. The van der Waals surface area contributed by atoms with Crippen LogP contribution in [0.5, 0.6) is 0 Å². The molecule has 3 heteroatoms. The zero-order valence-corrected chi connectivity index (χ0v) is 9.41. The van der Waals surface area contributed by atoms with E-state index in [0.29, 0.717) is 6.61 Å². The van der Waals surface area contributed by atoms with Gasteiger partial charge in [0.1, 0.15) is 0 Å². The summed E-state index contributed by atoms with van der Waals surface area (Å²) in [5, 5.41) is 9.61. The van der Waals surface area contributed by atoms with Crippen LogP contribution < -0.4 is 0 Å². The lowest BCUT2D eigenvalue weighted by Gasteiger charge is -2.24. The fourth-order valence-corrected chi connectivity index (χ4v) is 1.78. The van der Waals surface area contributed by atoms with E-state index in [4.69, 9.17) is 4.74 Å². The largest absolute Gasteiger partial charge is 0.389 e. The average molecular weight is 201 g/mol. The normalized spacial score (nSPS) is 18.9. The summed E-state index contributed by atoms with van der Waals surface area (Å²) in [6.07, 6.45) is 3.58. The molecule has 0 amide bonds. The second kappa shape index (κ2) is 6.38. The predicted octanol–water partition coefficient (Wildman–Crippen LogP) is 1.12. The van der Waals surface area contributed by atoms with Crippen molar-refractivity contribution in [1.82, 2.24) is 4.90 Å². The molecule has 0 radical (unpaired) electrons. The molecule has 0 aromatic carbocycles. The number of aliphatic hydroxyl groups excluding tert-OH is 1. The van der Waals surface area contributed by atoms with Gasteiger partial charge in [-0.2, -0.15) is 0 Å². The number of ether oxygens (including phenoxy) is 1. The molecule has 0 saturated heterocycles. The van der Waals surface area contributed by atoms with Gasteiger partial charge in [0.05, 0.1) is 12.7 Å². The Bertz CT molecular complexity index is 148. The Hall–Kier alpha value is -0.120. The zero-order valence-electron chi connectivity index (χ0n) is 9.41. The second-order valence-corrected chi connectivity index (χ2v) is 4.31. The molecule has 1 atom stereocenters. The van der Waals surface area contributed by atoms with Crippen molar-refractivity contribution in [2.45, 2.75) is 32.3 Å². The van der Waals surface area contributed by atoms with Crippen molar-refractivity contribution in [3.63, 3.8) is 0 Å². The van der Waals surface area contributed by atoms with Gasteiger partial charge in [-0.25, -0.2) is 0 Å². The molecule has 0 heterocycles. The summed E-state index contributed by atoms with van der Waals surface area (Å²) >= 11 is 0. The summed E-state index contributed by atoms with van der Waals surface area (Å²) in [7, 11) is 1.63. The molecule has 0 bridgehead atoms. The van der Waals surface area contributed by atoms with E-state index in [-0.39, 0.29) is 6.10 Å². The number of methoxy groups -OCH3 is 1. The van der Waals surface area contributed by atoms with E-state index in [0.717, 1.165) is 32.0 Å². The molecule has 1 fully saturated rings. The summed E-state index contributed by atoms with van der Waals surface area (Å²) in [4.78, 5) is 2.36. The quantitative estimate of drug-likeness (QED) is 0.638. The molecule has 0 aromatic rings. The van der Waals surface area contributed by atoms with Gasteiger partial charge in [-0.05, 0) is 31.7 Å². The van der Waals surface area contributed by atoms with E-state index in [1.54, 1.807) is 7.11 Å². The first-order chi connectivity index (χ1) is 6.76. The van der Waals surface area contributed by atoms with E-state index in [2.05, 4.69) is 11.8 Å². The minimum absolute atomic E-state index is 0.328. The van der Waals surface area contributed by atoms with E-state index < -0.39 is 0 Å². The number of rotatable bonds is 8. The number of hydrogen-bond acceptors (Lipinski definition) is 3. The van der Waals surface area contributed by atoms with Crippen LogP contribution in [0.3, 0.4) is 0 Å². The van der Waals surface area contributed by atoms with Crippen LogP contribution in [0.25, 0.3) is 0 Å².